The molecule has 1 N–H and O–H groups in total. The molecular formula is C14H20O6S3. The second-order valence-corrected chi connectivity index (χ2v) is 9.97. The zero-order valence-corrected chi connectivity index (χ0v) is 15.2. The van der Waals surface area contributed by atoms with Crippen LogP contribution < -0.4 is 0 Å². The van der Waals surface area contributed by atoms with Gasteiger partial charge in [0.25, 0.3) is 10.1 Å². The summed E-state index contributed by atoms with van der Waals surface area (Å²) in [5, 5.41) is 0. The number of Topliss-reactive ketones (excluding diaryl/α,β-unsaturated/α-hetero) is 1. The second-order valence-electron chi connectivity index (χ2n) is 5.06. The Labute approximate surface area is 141 Å². The monoisotopic (exact) mass is 380 g/mol. The minimum absolute atomic E-state index is 0.0140. The van der Waals surface area contributed by atoms with E-state index >= 15 is 0 Å². The largest absolute Gasteiger partial charge is 0.300 e. The van der Waals surface area contributed by atoms with E-state index in [2.05, 4.69) is 0 Å². The van der Waals surface area contributed by atoms with Crippen LogP contribution in [0.25, 0.3) is 0 Å². The maximum absolute atomic E-state index is 12.1. The molecule has 0 radical (unpaired) electrons. The van der Waals surface area contributed by atoms with Crippen LogP contribution in [-0.4, -0.2) is 50.2 Å². The van der Waals surface area contributed by atoms with Crippen LogP contribution in [0.4, 0.5) is 0 Å². The van der Waals surface area contributed by atoms with Gasteiger partial charge in [-0.3, -0.25) is 9.35 Å². The molecule has 0 saturated heterocycles. The molecule has 1 rings (SSSR count). The molecule has 130 valence electrons. The van der Waals surface area contributed by atoms with Gasteiger partial charge in [0, 0.05) is 17.9 Å². The van der Waals surface area contributed by atoms with Crippen LogP contribution in [0, 0.1) is 0 Å². The number of thioether (sulfide) groups is 1. The van der Waals surface area contributed by atoms with Crippen molar-refractivity contribution in [3.05, 3.63) is 29.8 Å². The lowest BCUT2D eigenvalue weighted by molar-refractivity contribution is -0.116. The number of hydrogen-bond donors (Lipinski definition) is 1. The van der Waals surface area contributed by atoms with Crippen molar-refractivity contribution in [2.45, 2.75) is 24.7 Å². The molecule has 0 aliphatic heterocycles. The maximum atomic E-state index is 12.1. The van der Waals surface area contributed by atoms with Crippen LogP contribution >= 0.6 is 11.8 Å². The number of sulfone groups is 1. The molecule has 1 aromatic rings. The van der Waals surface area contributed by atoms with Gasteiger partial charge in [-0.05, 0) is 31.0 Å². The fourth-order valence-electron chi connectivity index (χ4n) is 1.71. The number of benzene rings is 1. The summed E-state index contributed by atoms with van der Waals surface area (Å²) in [6.07, 6.45) is 0.563. The van der Waals surface area contributed by atoms with Crippen molar-refractivity contribution in [1.29, 1.82) is 0 Å². The van der Waals surface area contributed by atoms with E-state index in [0.717, 1.165) is 0 Å². The van der Waals surface area contributed by atoms with Gasteiger partial charge >= 0.3 is 0 Å². The molecule has 0 aromatic heterocycles. The fraction of sp³-hybridized carbons (Fsp3) is 0.500. The average molecular weight is 381 g/mol. The van der Waals surface area contributed by atoms with E-state index in [4.69, 9.17) is 4.55 Å². The third kappa shape index (κ3) is 8.50. The standard InChI is InChI=1S/C14H20O6S3/c1-12(15)6-8-21-9-11-22(16,17)14-4-2-13(3-5-14)7-10-23(18,19)20/h2-5H,6-11H2,1H3,(H,18,19,20). The van der Waals surface area contributed by atoms with Crippen LogP contribution in [0.5, 0.6) is 0 Å². The summed E-state index contributed by atoms with van der Waals surface area (Å²) in [5.41, 5.74) is 0.636. The Morgan fingerprint density at radius 3 is 2.17 bits per heavy atom. The third-order valence-electron chi connectivity index (χ3n) is 3.03. The first-order valence-corrected chi connectivity index (χ1v) is 11.4. The van der Waals surface area contributed by atoms with Gasteiger partial charge in [0.1, 0.15) is 5.78 Å². The predicted octanol–water partition coefficient (Wildman–Crippen LogP) is 1.60. The highest BCUT2D eigenvalue weighted by Crippen LogP contribution is 2.15. The molecule has 6 nitrogen and oxygen atoms in total. The van der Waals surface area contributed by atoms with Gasteiger partial charge in [-0.2, -0.15) is 20.2 Å². The molecule has 0 aliphatic rings. The number of ketones is 1. The van der Waals surface area contributed by atoms with E-state index in [0.29, 0.717) is 23.5 Å². The van der Waals surface area contributed by atoms with Gasteiger partial charge in [0.2, 0.25) is 0 Å². The normalized spacial score (nSPS) is 12.3. The van der Waals surface area contributed by atoms with Crippen molar-refractivity contribution in [3.8, 4) is 0 Å². The van der Waals surface area contributed by atoms with E-state index in [1.54, 1.807) is 12.1 Å². The topological polar surface area (TPSA) is 106 Å². The van der Waals surface area contributed by atoms with Crippen LogP contribution in [-0.2, 0) is 31.2 Å². The number of rotatable bonds is 10. The highest BCUT2D eigenvalue weighted by atomic mass is 32.2. The SMILES string of the molecule is CC(=O)CCSCCS(=O)(=O)c1ccc(CCS(=O)(=O)O)cc1. The second kappa shape index (κ2) is 8.81. The van der Waals surface area contributed by atoms with Crippen molar-refractivity contribution in [3.63, 3.8) is 0 Å². The Morgan fingerprint density at radius 2 is 1.65 bits per heavy atom. The minimum Gasteiger partial charge on any atom is -0.300 e. The molecule has 0 heterocycles. The smallest absolute Gasteiger partial charge is 0.265 e. The molecule has 0 saturated carbocycles. The van der Waals surface area contributed by atoms with Crippen molar-refractivity contribution >= 4 is 37.5 Å². The molecule has 23 heavy (non-hydrogen) atoms. The molecule has 0 bridgehead atoms. The van der Waals surface area contributed by atoms with E-state index in [-0.39, 0.29) is 22.9 Å². The fourth-order valence-corrected chi connectivity index (χ4v) is 4.98. The van der Waals surface area contributed by atoms with Crippen LogP contribution in [0.1, 0.15) is 18.9 Å². The number of carbonyl (C=O) groups is 1. The third-order valence-corrected chi connectivity index (χ3v) is 6.72. The maximum Gasteiger partial charge on any atom is 0.265 e. The van der Waals surface area contributed by atoms with Crippen molar-refractivity contribution < 1.29 is 26.2 Å². The Kier molecular flexibility index (Phi) is 7.72. The van der Waals surface area contributed by atoms with Crippen molar-refractivity contribution in [1.82, 2.24) is 0 Å². The lowest BCUT2D eigenvalue weighted by Gasteiger charge is -2.06. The van der Waals surface area contributed by atoms with Crippen molar-refractivity contribution in [2.75, 3.05) is 23.0 Å². The molecule has 0 atom stereocenters. The highest BCUT2D eigenvalue weighted by Gasteiger charge is 2.14. The molecule has 0 fully saturated rings. The first-order valence-electron chi connectivity index (χ1n) is 6.94. The molecule has 0 amide bonds. The van der Waals surface area contributed by atoms with E-state index in [9.17, 15) is 21.6 Å². The lowest BCUT2D eigenvalue weighted by Crippen LogP contribution is -2.10. The van der Waals surface area contributed by atoms with E-state index in [1.807, 2.05) is 0 Å². The Bertz CT molecular complexity index is 720. The van der Waals surface area contributed by atoms with Gasteiger partial charge in [0.15, 0.2) is 9.84 Å². The average Bonchev–Trinajstić information content (AvgIpc) is 2.44. The summed E-state index contributed by atoms with van der Waals surface area (Å²) in [5.74, 6) is 0.701. The molecule has 0 unspecified atom stereocenters. The Balaban J connectivity index is 2.55. The molecule has 1 aromatic carbocycles. The summed E-state index contributed by atoms with van der Waals surface area (Å²) in [4.78, 5) is 11.0. The molecule has 0 aliphatic carbocycles. The molecule has 9 heteroatoms. The Morgan fingerprint density at radius 1 is 1.04 bits per heavy atom. The van der Waals surface area contributed by atoms with Gasteiger partial charge in [-0.1, -0.05) is 12.1 Å². The van der Waals surface area contributed by atoms with Gasteiger partial charge in [-0.15, -0.1) is 0 Å². The number of hydrogen-bond acceptors (Lipinski definition) is 6. The van der Waals surface area contributed by atoms with Gasteiger partial charge < -0.3 is 0 Å². The molecule has 0 spiro atoms. The highest BCUT2D eigenvalue weighted by molar-refractivity contribution is 8.00. The summed E-state index contributed by atoms with van der Waals surface area (Å²) in [6, 6.07) is 5.96. The zero-order valence-electron chi connectivity index (χ0n) is 12.8. The lowest BCUT2D eigenvalue weighted by atomic mass is 10.2. The summed E-state index contributed by atoms with van der Waals surface area (Å²) >= 11 is 1.42. The van der Waals surface area contributed by atoms with E-state index < -0.39 is 25.7 Å². The summed E-state index contributed by atoms with van der Waals surface area (Å²) < 4.78 is 54.3. The van der Waals surface area contributed by atoms with Gasteiger partial charge in [0.05, 0.1) is 16.4 Å². The Hall–Kier alpha value is -0.900. The molecular weight excluding hydrogens is 360 g/mol. The minimum atomic E-state index is -4.03. The van der Waals surface area contributed by atoms with Crippen molar-refractivity contribution in [2.24, 2.45) is 0 Å². The predicted molar refractivity (Wildman–Crippen MR) is 91.2 cm³/mol. The summed E-state index contributed by atoms with van der Waals surface area (Å²) in [6.45, 7) is 1.50. The van der Waals surface area contributed by atoms with Gasteiger partial charge in [-0.25, -0.2) is 8.42 Å². The zero-order chi connectivity index (χ0) is 17.5. The van der Waals surface area contributed by atoms with Crippen LogP contribution in [0.2, 0.25) is 0 Å². The van der Waals surface area contributed by atoms with Crippen LogP contribution in [0.3, 0.4) is 0 Å². The quantitative estimate of drug-likeness (QED) is 0.485. The first kappa shape index (κ1) is 20.1. The summed E-state index contributed by atoms with van der Waals surface area (Å²) in [7, 11) is -7.42. The van der Waals surface area contributed by atoms with Crippen LogP contribution in [0.15, 0.2) is 29.2 Å². The number of aryl methyl sites for hydroxylation is 1. The first-order chi connectivity index (χ1) is 10.6. The van der Waals surface area contributed by atoms with E-state index in [1.165, 1.54) is 30.8 Å². The number of carbonyl (C=O) groups excluding carboxylic acids is 1.